The molecule has 0 aliphatic carbocycles. The van der Waals surface area contributed by atoms with Gasteiger partial charge in [-0.3, -0.25) is 4.72 Å². The molecule has 1 N–H and O–H groups in total. The lowest BCUT2D eigenvalue weighted by molar-refractivity contribution is 0.289. The van der Waals surface area contributed by atoms with Gasteiger partial charge in [0.05, 0.1) is 5.69 Å². The molecule has 1 unspecified atom stereocenters. The van der Waals surface area contributed by atoms with E-state index in [4.69, 9.17) is 11.6 Å². The highest BCUT2D eigenvalue weighted by molar-refractivity contribution is 7.93. The summed E-state index contributed by atoms with van der Waals surface area (Å²) in [5.74, 6) is -2.06. The van der Waals surface area contributed by atoms with E-state index in [-0.39, 0.29) is 15.8 Å². The SMILES string of the molecule is O=S(=O)(Nc1nccs1)c1c(F)cc(N2CCC(CN3CCCC3)C2)c(Cl)c1F. The Balaban J connectivity index is 1.55. The molecule has 1 aromatic heterocycles. The summed E-state index contributed by atoms with van der Waals surface area (Å²) < 4.78 is 56.6. The number of nitrogens with one attached hydrogen (secondary N) is 1. The van der Waals surface area contributed by atoms with Crippen LogP contribution < -0.4 is 9.62 Å². The molecule has 2 saturated heterocycles. The Hall–Kier alpha value is -1.49. The van der Waals surface area contributed by atoms with Crippen LogP contribution in [-0.4, -0.2) is 51.0 Å². The van der Waals surface area contributed by atoms with Crippen LogP contribution in [0.25, 0.3) is 0 Å². The summed E-state index contributed by atoms with van der Waals surface area (Å²) >= 11 is 7.16. The van der Waals surface area contributed by atoms with Crippen molar-refractivity contribution < 1.29 is 17.2 Å². The van der Waals surface area contributed by atoms with Crippen molar-refractivity contribution in [3.8, 4) is 0 Å². The van der Waals surface area contributed by atoms with Gasteiger partial charge in [0.25, 0.3) is 10.0 Å². The van der Waals surface area contributed by atoms with Crippen molar-refractivity contribution in [1.82, 2.24) is 9.88 Å². The van der Waals surface area contributed by atoms with Crippen LogP contribution in [0.1, 0.15) is 19.3 Å². The Morgan fingerprint density at radius 1 is 1.28 bits per heavy atom. The average Bonchev–Trinajstić information content (AvgIpc) is 3.41. The average molecular weight is 463 g/mol. The third kappa shape index (κ3) is 4.35. The van der Waals surface area contributed by atoms with E-state index < -0.39 is 26.6 Å². The van der Waals surface area contributed by atoms with Gasteiger partial charge in [0, 0.05) is 37.3 Å². The summed E-state index contributed by atoms with van der Waals surface area (Å²) in [5, 5.41) is 1.19. The summed E-state index contributed by atoms with van der Waals surface area (Å²) in [5.41, 5.74) is 0.193. The van der Waals surface area contributed by atoms with Gasteiger partial charge in [-0.05, 0) is 38.3 Å². The lowest BCUT2D eigenvalue weighted by Crippen LogP contribution is -2.29. The molecule has 4 rings (SSSR count). The standard InChI is InChI=1S/C18H21ClF2N4O2S2/c19-15-14(25-7-3-12(11-25)10-24-5-1-2-6-24)9-13(20)17(16(15)21)29(26,27)23-18-22-4-8-28-18/h4,8-9,12H,1-3,5-7,10-11H2,(H,22,23). The normalized spacial score (nSPS) is 20.5. The second-order valence-electron chi connectivity index (χ2n) is 7.39. The van der Waals surface area contributed by atoms with Gasteiger partial charge < -0.3 is 9.80 Å². The van der Waals surface area contributed by atoms with Gasteiger partial charge in [-0.15, -0.1) is 11.3 Å². The third-order valence-electron chi connectivity index (χ3n) is 5.36. The van der Waals surface area contributed by atoms with Crippen LogP contribution in [0.15, 0.2) is 22.5 Å². The topological polar surface area (TPSA) is 65.5 Å². The second-order valence-corrected chi connectivity index (χ2v) is 10.3. The highest BCUT2D eigenvalue weighted by atomic mass is 35.5. The van der Waals surface area contributed by atoms with Crippen LogP contribution in [-0.2, 0) is 10.0 Å². The Morgan fingerprint density at radius 2 is 2.03 bits per heavy atom. The highest BCUT2D eigenvalue weighted by Crippen LogP contribution is 2.37. The molecule has 3 heterocycles. The fourth-order valence-corrected chi connectivity index (χ4v) is 6.27. The van der Waals surface area contributed by atoms with E-state index in [1.165, 1.54) is 19.0 Å². The van der Waals surface area contributed by atoms with Crippen LogP contribution in [0, 0.1) is 17.6 Å². The third-order valence-corrected chi connectivity index (χ3v) is 7.91. The predicted octanol–water partition coefficient (Wildman–Crippen LogP) is 3.80. The molecule has 0 spiro atoms. The lowest BCUT2D eigenvalue weighted by Gasteiger charge is -2.23. The zero-order valence-electron chi connectivity index (χ0n) is 15.6. The van der Waals surface area contributed by atoms with E-state index >= 15 is 0 Å². The van der Waals surface area contributed by atoms with Crippen molar-refractivity contribution in [2.24, 2.45) is 5.92 Å². The molecule has 158 valence electrons. The number of anilines is 2. The molecule has 6 nitrogen and oxygen atoms in total. The maximum atomic E-state index is 14.9. The first kappa shape index (κ1) is 20.8. The van der Waals surface area contributed by atoms with E-state index in [0.717, 1.165) is 43.5 Å². The molecule has 0 saturated carbocycles. The van der Waals surface area contributed by atoms with Crippen LogP contribution >= 0.6 is 22.9 Å². The maximum absolute atomic E-state index is 14.9. The molecule has 0 radical (unpaired) electrons. The van der Waals surface area contributed by atoms with Gasteiger partial charge in [-0.25, -0.2) is 22.2 Å². The van der Waals surface area contributed by atoms with E-state index in [1.807, 2.05) is 4.90 Å². The van der Waals surface area contributed by atoms with Gasteiger partial charge in [0.2, 0.25) is 0 Å². The maximum Gasteiger partial charge on any atom is 0.269 e. The molecule has 2 fully saturated rings. The molecular weight excluding hydrogens is 442 g/mol. The van der Waals surface area contributed by atoms with Gasteiger partial charge in [0.15, 0.2) is 15.8 Å². The fourth-order valence-electron chi connectivity index (χ4n) is 4.01. The minimum Gasteiger partial charge on any atom is -0.370 e. The molecule has 1 aromatic carbocycles. The van der Waals surface area contributed by atoms with E-state index in [2.05, 4.69) is 14.6 Å². The van der Waals surface area contributed by atoms with Crippen molar-refractivity contribution in [3.63, 3.8) is 0 Å². The molecular formula is C18H21ClF2N4O2S2. The quantitative estimate of drug-likeness (QED) is 0.661. The van der Waals surface area contributed by atoms with Crippen LogP contribution in [0.5, 0.6) is 0 Å². The number of nitrogens with zero attached hydrogens (tertiary/aromatic N) is 3. The first-order chi connectivity index (χ1) is 13.8. The second kappa shape index (κ2) is 8.33. The number of aromatic nitrogens is 1. The zero-order chi connectivity index (χ0) is 20.6. The number of likely N-dealkylation sites (tertiary alicyclic amines) is 1. The minimum absolute atomic E-state index is 0.0216. The number of halogens is 3. The van der Waals surface area contributed by atoms with Crippen molar-refractivity contribution in [2.45, 2.75) is 24.2 Å². The van der Waals surface area contributed by atoms with Gasteiger partial charge in [-0.1, -0.05) is 11.6 Å². The first-order valence-electron chi connectivity index (χ1n) is 9.42. The van der Waals surface area contributed by atoms with E-state index in [1.54, 1.807) is 5.38 Å². The van der Waals surface area contributed by atoms with Gasteiger partial charge in [0.1, 0.15) is 10.8 Å². The number of sulfonamides is 1. The number of benzene rings is 1. The molecule has 2 aliphatic heterocycles. The Labute approximate surface area is 177 Å². The zero-order valence-corrected chi connectivity index (χ0v) is 18.0. The highest BCUT2D eigenvalue weighted by Gasteiger charge is 2.32. The summed E-state index contributed by atoms with van der Waals surface area (Å²) in [6.07, 6.45) is 4.71. The number of thiazole rings is 1. The van der Waals surface area contributed by atoms with Gasteiger partial charge in [-0.2, -0.15) is 0 Å². The first-order valence-corrected chi connectivity index (χ1v) is 12.2. The van der Waals surface area contributed by atoms with Crippen molar-refractivity contribution in [1.29, 1.82) is 0 Å². The Bertz CT molecular complexity index is 982. The largest absolute Gasteiger partial charge is 0.370 e. The van der Waals surface area contributed by atoms with Crippen molar-refractivity contribution in [3.05, 3.63) is 34.3 Å². The Kier molecular flexibility index (Phi) is 5.97. The van der Waals surface area contributed by atoms with Crippen LogP contribution in [0.3, 0.4) is 0 Å². The molecule has 0 amide bonds. The molecule has 11 heteroatoms. The summed E-state index contributed by atoms with van der Waals surface area (Å²) in [4.78, 5) is 6.94. The molecule has 0 bridgehead atoms. The van der Waals surface area contributed by atoms with Gasteiger partial charge >= 0.3 is 0 Å². The van der Waals surface area contributed by atoms with Crippen LogP contribution in [0.2, 0.25) is 5.02 Å². The molecule has 1 atom stereocenters. The molecule has 2 aromatic rings. The van der Waals surface area contributed by atoms with E-state index in [9.17, 15) is 17.2 Å². The predicted molar refractivity (Wildman–Crippen MR) is 110 cm³/mol. The molecule has 2 aliphatic rings. The van der Waals surface area contributed by atoms with E-state index in [0.29, 0.717) is 19.0 Å². The lowest BCUT2D eigenvalue weighted by atomic mass is 10.1. The number of hydrogen-bond donors (Lipinski definition) is 1. The fraction of sp³-hybridized carbons (Fsp3) is 0.500. The minimum atomic E-state index is -4.50. The Morgan fingerprint density at radius 3 is 2.72 bits per heavy atom. The monoisotopic (exact) mass is 462 g/mol. The smallest absolute Gasteiger partial charge is 0.269 e. The van der Waals surface area contributed by atoms with Crippen molar-refractivity contribution in [2.75, 3.05) is 42.3 Å². The number of hydrogen-bond acceptors (Lipinski definition) is 6. The van der Waals surface area contributed by atoms with Crippen molar-refractivity contribution >= 4 is 43.8 Å². The summed E-state index contributed by atoms with van der Waals surface area (Å²) in [7, 11) is -4.50. The summed E-state index contributed by atoms with van der Waals surface area (Å²) in [6, 6.07) is 1.01. The summed E-state index contributed by atoms with van der Waals surface area (Å²) in [6.45, 7) is 4.42. The molecule has 29 heavy (non-hydrogen) atoms. The van der Waals surface area contributed by atoms with Crippen LogP contribution in [0.4, 0.5) is 19.6 Å². The number of rotatable bonds is 6.